The van der Waals surface area contributed by atoms with Crippen molar-refractivity contribution in [2.75, 3.05) is 0 Å². The molecular weight excluding hydrogens is 242 g/mol. The molecule has 0 saturated carbocycles. The van der Waals surface area contributed by atoms with E-state index in [9.17, 15) is 4.79 Å². The third-order valence-electron chi connectivity index (χ3n) is 2.75. The van der Waals surface area contributed by atoms with Crippen LogP contribution in [0.5, 0.6) is 5.75 Å². The fourth-order valence-electron chi connectivity index (χ4n) is 1.79. The lowest BCUT2D eigenvalue weighted by Gasteiger charge is -2.18. The van der Waals surface area contributed by atoms with Crippen molar-refractivity contribution in [3.63, 3.8) is 0 Å². The average Bonchev–Trinajstić information content (AvgIpc) is 2.29. The van der Waals surface area contributed by atoms with Gasteiger partial charge in [-0.3, -0.25) is 4.79 Å². The number of carboxylic acid groups (broad SMARTS) is 1. The first-order chi connectivity index (χ1) is 8.90. The van der Waals surface area contributed by atoms with Crippen molar-refractivity contribution in [3.8, 4) is 5.75 Å². The zero-order valence-electron chi connectivity index (χ0n) is 12.0. The fraction of sp³-hybridized carbons (Fsp3) is 0.533. The van der Waals surface area contributed by atoms with Gasteiger partial charge in [-0.15, -0.1) is 0 Å². The van der Waals surface area contributed by atoms with Gasteiger partial charge in [0.05, 0.1) is 6.10 Å². The standard InChI is InChI=1S/C15H23NO3/c1-10(2)14(15(17)18)16-9-12-5-7-13(8-6-12)19-11(3)4/h5-8,10-11,14,16H,9H2,1-4H3,(H,17,18)/t14-/m1/s1. The Morgan fingerprint density at radius 2 is 1.79 bits per heavy atom. The van der Waals surface area contributed by atoms with E-state index in [1.165, 1.54) is 0 Å². The Balaban J connectivity index is 2.56. The smallest absolute Gasteiger partial charge is 0.320 e. The molecule has 0 aliphatic heterocycles. The maximum Gasteiger partial charge on any atom is 0.320 e. The Kier molecular flexibility index (Phi) is 5.83. The molecule has 0 fully saturated rings. The van der Waals surface area contributed by atoms with Crippen LogP contribution in [0.4, 0.5) is 0 Å². The van der Waals surface area contributed by atoms with E-state index in [1.807, 2.05) is 52.0 Å². The molecule has 19 heavy (non-hydrogen) atoms. The lowest BCUT2D eigenvalue weighted by atomic mass is 10.0. The van der Waals surface area contributed by atoms with Crippen molar-refractivity contribution in [1.29, 1.82) is 0 Å². The van der Waals surface area contributed by atoms with Crippen molar-refractivity contribution in [3.05, 3.63) is 29.8 Å². The van der Waals surface area contributed by atoms with Crippen LogP contribution >= 0.6 is 0 Å². The number of ether oxygens (including phenoxy) is 1. The second-order valence-corrected chi connectivity index (χ2v) is 5.25. The van der Waals surface area contributed by atoms with E-state index in [0.717, 1.165) is 11.3 Å². The second kappa shape index (κ2) is 7.14. The fourth-order valence-corrected chi connectivity index (χ4v) is 1.79. The zero-order chi connectivity index (χ0) is 14.4. The van der Waals surface area contributed by atoms with Crippen LogP contribution in [0.15, 0.2) is 24.3 Å². The maximum atomic E-state index is 11.1. The summed E-state index contributed by atoms with van der Waals surface area (Å²) in [4.78, 5) is 11.1. The Hall–Kier alpha value is -1.55. The molecule has 1 aromatic carbocycles. The normalized spacial score (nSPS) is 12.7. The average molecular weight is 265 g/mol. The van der Waals surface area contributed by atoms with Crippen LogP contribution < -0.4 is 10.1 Å². The van der Waals surface area contributed by atoms with E-state index in [0.29, 0.717) is 6.54 Å². The Morgan fingerprint density at radius 3 is 2.21 bits per heavy atom. The van der Waals surface area contributed by atoms with Gasteiger partial charge in [0.15, 0.2) is 0 Å². The number of rotatable bonds is 7. The monoisotopic (exact) mass is 265 g/mol. The molecule has 0 aliphatic carbocycles. The number of carbonyl (C=O) groups is 1. The molecule has 0 saturated heterocycles. The highest BCUT2D eigenvalue weighted by molar-refractivity contribution is 5.73. The summed E-state index contributed by atoms with van der Waals surface area (Å²) in [7, 11) is 0. The number of carboxylic acids is 1. The van der Waals surface area contributed by atoms with Crippen LogP contribution in [0.2, 0.25) is 0 Å². The lowest BCUT2D eigenvalue weighted by Crippen LogP contribution is -2.40. The minimum absolute atomic E-state index is 0.0565. The van der Waals surface area contributed by atoms with Crippen molar-refractivity contribution < 1.29 is 14.6 Å². The number of hydrogen-bond donors (Lipinski definition) is 2. The predicted octanol–water partition coefficient (Wildman–Crippen LogP) is 2.67. The Labute approximate surface area is 114 Å². The highest BCUT2D eigenvalue weighted by Crippen LogP contribution is 2.14. The third-order valence-corrected chi connectivity index (χ3v) is 2.75. The molecule has 4 heteroatoms. The highest BCUT2D eigenvalue weighted by Gasteiger charge is 2.20. The first kappa shape index (κ1) is 15.5. The predicted molar refractivity (Wildman–Crippen MR) is 75.3 cm³/mol. The molecule has 0 bridgehead atoms. The van der Waals surface area contributed by atoms with Crippen LogP contribution in [0.25, 0.3) is 0 Å². The molecule has 1 aromatic rings. The quantitative estimate of drug-likeness (QED) is 0.795. The van der Waals surface area contributed by atoms with Gasteiger partial charge in [0.2, 0.25) is 0 Å². The molecule has 0 heterocycles. The number of nitrogens with one attached hydrogen (secondary N) is 1. The van der Waals surface area contributed by atoms with E-state index in [1.54, 1.807) is 0 Å². The Morgan fingerprint density at radius 1 is 1.21 bits per heavy atom. The molecule has 0 radical (unpaired) electrons. The van der Waals surface area contributed by atoms with Crippen molar-refractivity contribution in [2.24, 2.45) is 5.92 Å². The van der Waals surface area contributed by atoms with Gasteiger partial charge in [0.25, 0.3) is 0 Å². The summed E-state index contributed by atoms with van der Waals surface area (Å²) in [6, 6.07) is 7.18. The van der Waals surface area contributed by atoms with Gasteiger partial charge in [-0.1, -0.05) is 26.0 Å². The minimum atomic E-state index is -0.810. The lowest BCUT2D eigenvalue weighted by molar-refractivity contribution is -0.140. The molecule has 0 spiro atoms. The van der Waals surface area contributed by atoms with Gasteiger partial charge in [-0.05, 0) is 37.5 Å². The summed E-state index contributed by atoms with van der Waals surface area (Å²) in [6.45, 7) is 8.29. The number of hydrogen-bond acceptors (Lipinski definition) is 3. The summed E-state index contributed by atoms with van der Waals surface area (Å²) in [5, 5.41) is 12.1. The summed E-state index contributed by atoms with van der Waals surface area (Å²) in [5.74, 6) is 0.0770. The third kappa shape index (κ3) is 5.30. The zero-order valence-corrected chi connectivity index (χ0v) is 12.0. The first-order valence-corrected chi connectivity index (χ1v) is 6.62. The highest BCUT2D eigenvalue weighted by atomic mass is 16.5. The molecule has 0 aromatic heterocycles. The van der Waals surface area contributed by atoms with E-state index in [4.69, 9.17) is 9.84 Å². The van der Waals surface area contributed by atoms with E-state index in [-0.39, 0.29) is 12.0 Å². The molecule has 4 nitrogen and oxygen atoms in total. The van der Waals surface area contributed by atoms with Crippen LogP contribution in [-0.2, 0) is 11.3 Å². The van der Waals surface area contributed by atoms with Crippen LogP contribution in [0.3, 0.4) is 0 Å². The topological polar surface area (TPSA) is 58.6 Å². The van der Waals surface area contributed by atoms with Gasteiger partial charge in [-0.2, -0.15) is 0 Å². The largest absolute Gasteiger partial charge is 0.491 e. The molecular formula is C15H23NO3. The molecule has 106 valence electrons. The minimum Gasteiger partial charge on any atom is -0.491 e. The van der Waals surface area contributed by atoms with Gasteiger partial charge < -0.3 is 15.2 Å². The number of benzene rings is 1. The van der Waals surface area contributed by atoms with Crippen molar-refractivity contribution in [1.82, 2.24) is 5.32 Å². The van der Waals surface area contributed by atoms with Gasteiger partial charge in [0, 0.05) is 6.54 Å². The molecule has 0 unspecified atom stereocenters. The maximum absolute atomic E-state index is 11.1. The van der Waals surface area contributed by atoms with Gasteiger partial charge >= 0.3 is 5.97 Å². The molecule has 1 rings (SSSR count). The van der Waals surface area contributed by atoms with Crippen LogP contribution in [0.1, 0.15) is 33.3 Å². The summed E-state index contributed by atoms with van der Waals surface area (Å²) >= 11 is 0. The molecule has 2 N–H and O–H groups in total. The van der Waals surface area contributed by atoms with E-state index < -0.39 is 12.0 Å². The second-order valence-electron chi connectivity index (χ2n) is 5.25. The summed E-state index contributed by atoms with van der Waals surface area (Å²) in [5.41, 5.74) is 1.04. The van der Waals surface area contributed by atoms with Crippen LogP contribution in [-0.4, -0.2) is 23.2 Å². The van der Waals surface area contributed by atoms with Gasteiger partial charge in [-0.25, -0.2) is 0 Å². The van der Waals surface area contributed by atoms with Crippen LogP contribution in [0, 0.1) is 5.92 Å². The van der Waals surface area contributed by atoms with E-state index >= 15 is 0 Å². The van der Waals surface area contributed by atoms with E-state index in [2.05, 4.69) is 5.32 Å². The first-order valence-electron chi connectivity index (χ1n) is 6.62. The van der Waals surface area contributed by atoms with Crippen molar-refractivity contribution in [2.45, 2.75) is 46.4 Å². The summed E-state index contributed by atoms with van der Waals surface area (Å²) in [6.07, 6.45) is 0.154. The molecule has 1 atom stereocenters. The molecule has 0 aliphatic rings. The Bertz CT molecular complexity index is 398. The SMILES string of the molecule is CC(C)Oc1ccc(CN[C@@H](C(=O)O)C(C)C)cc1. The van der Waals surface area contributed by atoms with Crippen molar-refractivity contribution >= 4 is 5.97 Å². The number of aliphatic carboxylic acids is 1. The van der Waals surface area contributed by atoms with Gasteiger partial charge in [0.1, 0.15) is 11.8 Å². The summed E-state index contributed by atoms with van der Waals surface area (Å²) < 4.78 is 5.56. The molecule has 0 amide bonds.